The molecule has 1 saturated heterocycles. The highest BCUT2D eigenvalue weighted by Gasteiger charge is 2.23. The number of likely N-dealkylation sites (N-methyl/N-ethyl adjacent to an activating group) is 1. The second kappa shape index (κ2) is 10.2. The quantitative estimate of drug-likeness (QED) is 0.539. The molecule has 0 unspecified atom stereocenters. The minimum atomic E-state index is -0.621. The van der Waals surface area contributed by atoms with Gasteiger partial charge in [-0.1, -0.05) is 19.4 Å². The highest BCUT2D eigenvalue weighted by molar-refractivity contribution is 5.98. The number of carbonyl (C=O) groups excluding carboxylic acids is 2. The Balaban J connectivity index is 1.78. The van der Waals surface area contributed by atoms with E-state index in [1.807, 2.05) is 13.0 Å². The molecule has 0 saturated carbocycles. The van der Waals surface area contributed by atoms with Gasteiger partial charge >= 0.3 is 5.69 Å². The molecule has 0 atom stereocenters. The molecular formula is C22H30N6O4. The van der Waals surface area contributed by atoms with Crippen LogP contribution in [0, 0.1) is 0 Å². The highest BCUT2D eigenvalue weighted by atomic mass is 16.2. The second-order valence-corrected chi connectivity index (χ2v) is 7.76. The van der Waals surface area contributed by atoms with Crippen LogP contribution in [0.1, 0.15) is 39.5 Å². The lowest BCUT2D eigenvalue weighted by Gasteiger charge is -2.24. The van der Waals surface area contributed by atoms with Gasteiger partial charge in [0.25, 0.3) is 5.56 Å². The number of amides is 2. The van der Waals surface area contributed by atoms with E-state index in [9.17, 15) is 19.2 Å². The summed E-state index contributed by atoms with van der Waals surface area (Å²) in [5.74, 6) is -0.225. The number of anilines is 4. The molecule has 0 aliphatic carbocycles. The summed E-state index contributed by atoms with van der Waals surface area (Å²) in [5.41, 5.74) is 6.38. The number of hydrogen-bond acceptors (Lipinski definition) is 6. The third-order valence-corrected chi connectivity index (χ3v) is 5.50. The van der Waals surface area contributed by atoms with Gasteiger partial charge in [0, 0.05) is 37.4 Å². The first-order valence-electron chi connectivity index (χ1n) is 10.9. The summed E-state index contributed by atoms with van der Waals surface area (Å²) in [7, 11) is 0. The summed E-state index contributed by atoms with van der Waals surface area (Å²) in [4.78, 5) is 54.9. The zero-order valence-corrected chi connectivity index (χ0v) is 18.5. The standard InChI is InChI=1S/C22H30N6O4/c1-3-5-11-28-20(23)19(21(31)25-22(28)32)26(4-2)14-17(29)24-15-8-6-9-16(13-15)27-12-7-10-18(27)30/h6,8-9,13H,3-5,7,10-12,14,23H2,1-2H3,(H,24,29)(H,25,31,32). The Bertz CT molecular complexity index is 1110. The number of H-pyrrole nitrogens is 1. The molecule has 2 amide bonds. The van der Waals surface area contributed by atoms with Gasteiger partial charge in [-0.05, 0) is 38.0 Å². The molecule has 0 radical (unpaired) electrons. The monoisotopic (exact) mass is 442 g/mol. The molecule has 1 aromatic carbocycles. The molecule has 3 rings (SSSR count). The molecule has 2 aromatic rings. The Labute approximate surface area is 186 Å². The average Bonchev–Trinajstić information content (AvgIpc) is 3.18. The number of unbranched alkanes of at least 4 members (excludes halogenated alkanes) is 1. The van der Waals surface area contributed by atoms with Gasteiger partial charge in [0.1, 0.15) is 11.5 Å². The first-order chi connectivity index (χ1) is 15.3. The molecular weight excluding hydrogens is 412 g/mol. The number of aromatic amines is 1. The fourth-order valence-corrected chi connectivity index (χ4v) is 3.82. The lowest BCUT2D eigenvalue weighted by molar-refractivity contribution is -0.117. The Morgan fingerprint density at radius 2 is 2.03 bits per heavy atom. The number of rotatable bonds is 9. The van der Waals surface area contributed by atoms with E-state index in [0.29, 0.717) is 31.7 Å². The van der Waals surface area contributed by atoms with Crippen LogP contribution < -0.4 is 32.1 Å². The summed E-state index contributed by atoms with van der Waals surface area (Å²) in [6, 6.07) is 7.10. The van der Waals surface area contributed by atoms with Crippen molar-refractivity contribution in [2.24, 2.45) is 0 Å². The third kappa shape index (κ3) is 5.01. The fourth-order valence-electron chi connectivity index (χ4n) is 3.82. The van der Waals surface area contributed by atoms with E-state index in [1.54, 1.807) is 34.9 Å². The topological polar surface area (TPSA) is 134 Å². The van der Waals surface area contributed by atoms with E-state index < -0.39 is 11.2 Å². The Kier molecular flexibility index (Phi) is 7.34. The Hall–Kier alpha value is -3.56. The second-order valence-electron chi connectivity index (χ2n) is 7.76. The number of hydrogen-bond donors (Lipinski definition) is 3. The molecule has 32 heavy (non-hydrogen) atoms. The average molecular weight is 443 g/mol. The minimum absolute atomic E-state index is 0.0522. The summed E-state index contributed by atoms with van der Waals surface area (Å²) in [6.07, 6.45) is 2.94. The van der Waals surface area contributed by atoms with E-state index in [-0.39, 0.29) is 29.9 Å². The SMILES string of the molecule is CCCCn1c(N)c(N(CC)CC(=O)Nc2cccc(N3CCCC3=O)c2)c(=O)[nH]c1=O. The molecule has 10 nitrogen and oxygen atoms in total. The fraction of sp³-hybridized carbons (Fsp3) is 0.455. The van der Waals surface area contributed by atoms with Crippen molar-refractivity contribution < 1.29 is 9.59 Å². The van der Waals surface area contributed by atoms with Crippen molar-refractivity contribution in [2.45, 2.75) is 46.1 Å². The molecule has 1 aliphatic rings. The van der Waals surface area contributed by atoms with E-state index in [0.717, 1.165) is 24.9 Å². The van der Waals surface area contributed by atoms with Crippen molar-refractivity contribution >= 4 is 34.7 Å². The summed E-state index contributed by atoms with van der Waals surface area (Å²) in [5, 5.41) is 2.81. The number of nitrogens with one attached hydrogen (secondary N) is 2. The van der Waals surface area contributed by atoms with Crippen LogP contribution in [-0.4, -0.2) is 41.0 Å². The van der Waals surface area contributed by atoms with Crippen molar-refractivity contribution in [3.05, 3.63) is 45.1 Å². The van der Waals surface area contributed by atoms with Crippen molar-refractivity contribution in [1.29, 1.82) is 0 Å². The van der Waals surface area contributed by atoms with Gasteiger partial charge in [0.15, 0.2) is 0 Å². The van der Waals surface area contributed by atoms with Gasteiger partial charge in [-0.25, -0.2) is 4.79 Å². The molecule has 2 heterocycles. The predicted octanol–water partition coefficient (Wildman–Crippen LogP) is 1.51. The molecule has 10 heteroatoms. The molecule has 172 valence electrons. The van der Waals surface area contributed by atoms with Crippen molar-refractivity contribution in [1.82, 2.24) is 9.55 Å². The summed E-state index contributed by atoms with van der Waals surface area (Å²) < 4.78 is 1.33. The zero-order valence-electron chi connectivity index (χ0n) is 18.5. The number of nitrogen functional groups attached to an aromatic ring is 1. The Morgan fingerprint density at radius 1 is 1.25 bits per heavy atom. The van der Waals surface area contributed by atoms with Gasteiger partial charge in [-0.3, -0.25) is 23.9 Å². The maximum atomic E-state index is 12.7. The lowest BCUT2D eigenvalue weighted by atomic mass is 10.2. The molecule has 0 bridgehead atoms. The minimum Gasteiger partial charge on any atom is -0.383 e. The normalized spacial score (nSPS) is 13.4. The molecule has 4 N–H and O–H groups in total. The van der Waals surface area contributed by atoms with Crippen LogP contribution in [0.15, 0.2) is 33.9 Å². The van der Waals surface area contributed by atoms with Crippen LogP contribution in [0.2, 0.25) is 0 Å². The molecule has 1 aromatic heterocycles. The molecule has 1 fully saturated rings. The van der Waals surface area contributed by atoms with Crippen LogP contribution in [0.25, 0.3) is 0 Å². The lowest BCUT2D eigenvalue weighted by Crippen LogP contribution is -2.41. The van der Waals surface area contributed by atoms with E-state index in [4.69, 9.17) is 5.73 Å². The number of nitrogens with two attached hydrogens (primary N) is 1. The Morgan fingerprint density at radius 3 is 2.69 bits per heavy atom. The predicted molar refractivity (Wildman–Crippen MR) is 125 cm³/mol. The third-order valence-electron chi connectivity index (χ3n) is 5.50. The smallest absolute Gasteiger partial charge is 0.330 e. The van der Waals surface area contributed by atoms with Crippen molar-refractivity contribution in [3.63, 3.8) is 0 Å². The van der Waals surface area contributed by atoms with E-state index >= 15 is 0 Å². The summed E-state index contributed by atoms with van der Waals surface area (Å²) in [6.45, 7) is 5.06. The number of nitrogens with zero attached hydrogens (tertiary/aromatic N) is 3. The number of carbonyl (C=O) groups is 2. The van der Waals surface area contributed by atoms with E-state index in [1.165, 1.54) is 4.57 Å². The number of aromatic nitrogens is 2. The van der Waals surface area contributed by atoms with Crippen LogP contribution >= 0.6 is 0 Å². The molecule has 0 spiro atoms. The van der Waals surface area contributed by atoms with Crippen LogP contribution in [-0.2, 0) is 16.1 Å². The van der Waals surface area contributed by atoms with Crippen LogP contribution in [0.4, 0.5) is 22.9 Å². The van der Waals surface area contributed by atoms with Gasteiger partial charge < -0.3 is 20.9 Å². The van der Waals surface area contributed by atoms with E-state index in [2.05, 4.69) is 10.3 Å². The maximum absolute atomic E-state index is 12.7. The largest absolute Gasteiger partial charge is 0.383 e. The van der Waals surface area contributed by atoms with Crippen molar-refractivity contribution in [3.8, 4) is 0 Å². The maximum Gasteiger partial charge on any atom is 0.330 e. The molecule has 1 aliphatic heterocycles. The van der Waals surface area contributed by atoms with Crippen LogP contribution in [0.3, 0.4) is 0 Å². The van der Waals surface area contributed by atoms with Gasteiger partial charge in [-0.15, -0.1) is 0 Å². The van der Waals surface area contributed by atoms with Gasteiger partial charge in [-0.2, -0.15) is 0 Å². The number of benzene rings is 1. The van der Waals surface area contributed by atoms with Crippen molar-refractivity contribution in [2.75, 3.05) is 40.5 Å². The zero-order chi connectivity index (χ0) is 23.3. The van der Waals surface area contributed by atoms with Gasteiger partial charge in [0.05, 0.1) is 6.54 Å². The summed E-state index contributed by atoms with van der Waals surface area (Å²) >= 11 is 0. The first-order valence-corrected chi connectivity index (χ1v) is 10.9. The van der Waals surface area contributed by atoms with Crippen LogP contribution in [0.5, 0.6) is 0 Å². The van der Waals surface area contributed by atoms with Gasteiger partial charge in [0.2, 0.25) is 11.8 Å². The first kappa shape index (κ1) is 23.1. The highest BCUT2D eigenvalue weighted by Crippen LogP contribution is 2.24.